The fourth-order valence-electron chi connectivity index (χ4n) is 2.22. The molecule has 0 unspecified atom stereocenters. The molecular weight excluding hydrogens is 310 g/mol. The number of aliphatic hydroxyl groups is 1. The van der Waals surface area contributed by atoms with Gasteiger partial charge in [-0.05, 0) is 6.07 Å². The molecule has 22 heavy (non-hydrogen) atoms. The predicted molar refractivity (Wildman–Crippen MR) is 81.3 cm³/mol. The van der Waals surface area contributed by atoms with Gasteiger partial charge < -0.3 is 10.8 Å². The first kappa shape index (κ1) is 16.9. The zero-order chi connectivity index (χ0) is 16.2. The minimum atomic E-state index is -1.56. The van der Waals surface area contributed by atoms with E-state index in [-0.39, 0.29) is 17.4 Å². The second-order valence-electron chi connectivity index (χ2n) is 4.94. The molecule has 0 radical (unpaired) electrons. The first-order valence-electron chi connectivity index (χ1n) is 6.79. The van der Waals surface area contributed by atoms with Crippen LogP contribution in [0.5, 0.6) is 0 Å². The van der Waals surface area contributed by atoms with Crippen LogP contribution >= 0.6 is 11.8 Å². The Bertz CT molecular complexity index is 611. The smallest absolute Gasteiger partial charge is 0.137 e. The molecular formula is C14H18F2N4OS. The molecule has 2 aromatic rings. The monoisotopic (exact) mass is 328 g/mol. The van der Waals surface area contributed by atoms with Gasteiger partial charge in [0, 0.05) is 29.2 Å². The largest absolute Gasteiger partial charge is 0.382 e. The van der Waals surface area contributed by atoms with Crippen LogP contribution in [0.2, 0.25) is 0 Å². The van der Waals surface area contributed by atoms with Crippen molar-refractivity contribution in [2.45, 2.75) is 24.3 Å². The molecule has 3 N–H and O–H groups in total. The maximum atomic E-state index is 14.2. The van der Waals surface area contributed by atoms with E-state index in [1.807, 2.05) is 0 Å². The number of hydrogen-bond donors (Lipinski definition) is 2. The third kappa shape index (κ3) is 3.63. The van der Waals surface area contributed by atoms with Crippen LogP contribution in [-0.2, 0) is 12.1 Å². The number of nitrogens with two attached hydrogens (primary N) is 1. The molecule has 8 heteroatoms. The zero-order valence-electron chi connectivity index (χ0n) is 12.1. The molecule has 1 aromatic carbocycles. The zero-order valence-corrected chi connectivity index (χ0v) is 12.9. The third-order valence-corrected chi connectivity index (χ3v) is 4.79. The van der Waals surface area contributed by atoms with E-state index in [9.17, 15) is 13.9 Å². The molecule has 0 spiro atoms. The second kappa shape index (κ2) is 7.17. The van der Waals surface area contributed by atoms with Gasteiger partial charge in [0.05, 0.1) is 6.54 Å². The Labute approximate surface area is 131 Å². The maximum Gasteiger partial charge on any atom is 0.137 e. The van der Waals surface area contributed by atoms with Gasteiger partial charge in [-0.1, -0.05) is 13.0 Å². The molecule has 0 amide bonds. The number of nitrogens with zero attached hydrogens (tertiary/aromatic N) is 3. The van der Waals surface area contributed by atoms with Crippen molar-refractivity contribution >= 4 is 11.8 Å². The van der Waals surface area contributed by atoms with Gasteiger partial charge in [0.1, 0.15) is 29.9 Å². The molecule has 120 valence electrons. The molecule has 0 saturated carbocycles. The van der Waals surface area contributed by atoms with Crippen LogP contribution in [0.25, 0.3) is 0 Å². The first-order valence-corrected chi connectivity index (χ1v) is 7.84. The highest BCUT2D eigenvalue weighted by Gasteiger charge is 2.39. The average molecular weight is 328 g/mol. The van der Waals surface area contributed by atoms with E-state index < -0.39 is 17.2 Å². The van der Waals surface area contributed by atoms with E-state index in [1.165, 1.54) is 35.2 Å². The van der Waals surface area contributed by atoms with Crippen molar-refractivity contribution in [3.05, 3.63) is 48.1 Å². The van der Waals surface area contributed by atoms with E-state index in [1.54, 1.807) is 6.92 Å². The number of thioether (sulfide) groups is 1. The van der Waals surface area contributed by atoms with Crippen LogP contribution < -0.4 is 5.73 Å². The molecule has 0 aliphatic carbocycles. The van der Waals surface area contributed by atoms with Crippen molar-refractivity contribution in [1.82, 2.24) is 14.8 Å². The summed E-state index contributed by atoms with van der Waals surface area (Å²) in [5, 5.41) is 14.7. The van der Waals surface area contributed by atoms with E-state index >= 15 is 0 Å². The van der Waals surface area contributed by atoms with Gasteiger partial charge in [0.15, 0.2) is 0 Å². The van der Waals surface area contributed by atoms with Crippen LogP contribution in [0.3, 0.4) is 0 Å². The van der Waals surface area contributed by atoms with Crippen LogP contribution in [0.4, 0.5) is 8.78 Å². The van der Waals surface area contributed by atoms with Gasteiger partial charge in [-0.25, -0.2) is 18.4 Å². The van der Waals surface area contributed by atoms with E-state index in [0.717, 1.165) is 12.1 Å². The summed E-state index contributed by atoms with van der Waals surface area (Å²) in [5.74, 6) is -0.863. The molecule has 0 aliphatic heterocycles. The number of halogens is 2. The Balaban J connectivity index is 2.39. The molecule has 2 atom stereocenters. The van der Waals surface area contributed by atoms with Gasteiger partial charge in [-0.2, -0.15) is 16.9 Å². The summed E-state index contributed by atoms with van der Waals surface area (Å²) in [6.07, 6.45) is 2.77. The highest BCUT2D eigenvalue weighted by atomic mass is 32.2. The molecule has 0 aliphatic rings. The standard InChI is InChI=1S/C14H18F2N4OS/c1-10(22-5-4-17)14(21,7-20-9-18-8-19-20)12-3-2-11(15)6-13(12)16/h2-3,6,8-10,21H,4-5,7,17H2,1H3/t10-,14-/m1/s1. The SMILES string of the molecule is C[C@@H](SCCN)[C@](O)(Cn1cncn1)c1ccc(F)cc1F. The second-order valence-corrected chi connectivity index (χ2v) is 6.39. The Morgan fingerprint density at radius 2 is 2.23 bits per heavy atom. The van der Waals surface area contributed by atoms with Crippen LogP contribution in [0.1, 0.15) is 12.5 Å². The van der Waals surface area contributed by atoms with Gasteiger partial charge in [0.2, 0.25) is 0 Å². The van der Waals surface area contributed by atoms with E-state index in [2.05, 4.69) is 10.1 Å². The van der Waals surface area contributed by atoms with E-state index in [0.29, 0.717) is 12.3 Å². The van der Waals surface area contributed by atoms with Crippen molar-refractivity contribution in [3.8, 4) is 0 Å². The summed E-state index contributed by atoms with van der Waals surface area (Å²) in [7, 11) is 0. The lowest BCUT2D eigenvalue weighted by molar-refractivity contribution is 0.0133. The van der Waals surface area contributed by atoms with Crippen LogP contribution in [0, 0.1) is 11.6 Å². The Morgan fingerprint density at radius 1 is 1.45 bits per heavy atom. The number of hydrogen-bond acceptors (Lipinski definition) is 5. The fraction of sp³-hybridized carbons (Fsp3) is 0.429. The van der Waals surface area contributed by atoms with Gasteiger partial charge in [0.25, 0.3) is 0 Å². The Hall–Kier alpha value is -1.51. The fourth-order valence-corrected chi connectivity index (χ4v) is 3.18. The van der Waals surface area contributed by atoms with E-state index in [4.69, 9.17) is 5.73 Å². The van der Waals surface area contributed by atoms with Crippen molar-refractivity contribution in [3.63, 3.8) is 0 Å². The molecule has 0 bridgehead atoms. The summed E-state index contributed by atoms with van der Waals surface area (Å²) in [5.41, 5.74) is 3.96. The highest BCUT2D eigenvalue weighted by molar-refractivity contribution is 7.99. The Kier molecular flexibility index (Phi) is 5.49. The summed E-state index contributed by atoms with van der Waals surface area (Å²) < 4.78 is 28.7. The molecule has 1 heterocycles. The number of benzene rings is 1. The molecule has 0 saturated heterocycles. The normalized spacial score (nSPS) is 15.5. The topological polar surface area (TPSA) is 77.0 Å². The van der Waals surface area contributed by atoms with Gasteiger partial charge in [-0.15, -0.1) is 0 Å². The average Bonchev–Trinajstić information content (AvgIpc) is 2.97. The lowest BCUT2D eigenvalue weighted by Crippen LogP contribution is -2.41. The number of rotatable bonds is 7. The lowest BCUT2D eigenvalue weighted by atomic mass is 9.90. The Morgan fingerprint density at radius 3 is 2.82 bits per heavy atom. The van der Waals surface area contributed by atoms with Crippen LogP contribution in [0.15, 0.2) is 30.9 Å². The van der Waals surface area contributed by atoms with Gasteiger partial charge >= 0.3 is 0 Å². The van der Waals surface area contributed by atoms with Gasteiger partial charge in [-0.3, -0.25) is 0 Å². The summed E-state index contributed by atoms with van der Waals surface area (Å²) in [6, 6.07) is 3.16. The summed E-state index contributed by atoms with van der Waals surface area (Å²) in [6.45, 7) is 2.23. The third-order valence-electron chi connectivity index (χ3n) is 3.43. The minimum absolute atomic E-state index is 0.00822. The summed E-state index contributed by atoms with van der Waals surface area (Å²) >= 11 is 1.42. The lowest BCUT2D eigenvalue weighted by Gasteiger charge is -2.34. The number of aromatic nitrogens is 3. The highest BCUT2D eigenvalue weighted by Crippen LogP contribution is 2.35. The molecule has 2 rings (SSSR count). The van der Waals surface area contributed by atoms with Crippen molar-refractivity contribution < 1.29 is 13.9 Å². The van der Waals surface area contributed by atoms with Crippen molar-refractivity contribution in [1.29, 1.82) is 0 Å². The molecule has 1 aromatic heterocycles. The quantitative estimate of drug-likeness (QED) is 0.806. The minimum Gasteiger partial charge on any atom is -0.382 e. The maximum absolute atomic E-state index is 14.2. The van der Waals surface area contributed by atoms with Crippen LogP contribution in [-0.4, -0.2) is 37.4 Å². The van der Waals surface area contributed by atoms with Crippen molar-refractivity contribution in [2.24, 2.45) is 5.73 Å². The molecule has 5 nitrogen and oxygen atoms in total. The predicted octanol–water partition coefficient (Wildman–Crippen LogP) is 1.52. The molecule has 0 fully saturated rings. The summed E-state index contributed by atoms with van der Waals surface area (Å²) in [4.78, 5) is 3.82. The van der Waals surface area contributed by atoms with Crippen molar-refractivity contribution in [2.75, 3.05) is 12.3 Å². The first-order chi connectivity index (χ1) is 10.5.